The molecule has 0 aliphatic carbocycles. The number of rotatable bonds is 4. The molecule has 1 aliphatic rings. The molecule has 2 rings (SSSR count). The molecule has 0 radical (unpaired) electrons. The molecule has 4 N–H and O–H groups in total. The van der Waals surface area contributed by atoms with Crippen LogP contribution in [0.15, 0.2) is 18.2 Å². The predicted octanol–water partition coefficient (Wildman–Crippen LogP) is -0.352. The van der Waals surface area contributed by atoms with Crippen molar-refractivity contribution in [3.05, 3.63) is 18.2 Å². The van der Waals surface area contributed by atoms with Crippen molar-refractivity contribution in [2.75, 3.05) is 44.3 Å². The number of piperazine rings is 1. The number of amides is 2. The van der Waals surface area contributed by atoms with Crippen LogP contribution in [0.3, 0.4) is 0 Å². The maximum absolute atomic E-state index is 12.0. The maximum atomic E-state index is 12.0. The first-order valence-electron chi connectivity index (χ1n) is 6.31. The highest BCUT2D eigenvalue weighted by atomic mass is 16.5. The average molecular weight is 278 g/mol. The summed E-state index contributed by atoms with van der Waals surface area (Å²) in [6, 6.07) is 5.03. The van der Waals surface area contributed by atoms with Gasteiger partial charge in [0.05, 0.1) is 25.9 Å². The fourth-order valence-electron chi connectivity index (χ4n) is 2.04. The maximum Gasteiger partial charge on any atom is 0.238 e. The SMILES string of the molecule is COc1ccc(N)cc1NC(=O)CN1CCNC(=O)C1. The van der Waals surface area contributed by atoms with Crippen LogP contribution in [0.2, 0.25) is 0 Å². The lowest BCUT2D eigenvalue weighted by Crippen LogP contribution is -2.49. The van der Waals surface area contributed by atoms with Gasteiger partial charge < -0.3 is 21.1 Å². The Morgan fingerprint density at radius 3 is 3.05 bits per heavy atom. The van der Waals surface area contributed by atoms with Crippen molar-refractivity contribution in [2.45, 2.75) is 0 Å². The highest BCUT2D eigenvalue weighted by Gasteiger charge is 2.19. The summed E-state index contributed by atoms with van der Waals surface area (Å²) in [6.45, 7) is 1.62. The largest absolute Gasteiger partial charge is 0.495 e. The zero-order chi connectivity index (χ0) is 14.5. The molecule has 0 bridgehead atoms. The molecule has 0 unspecified atom stereocenters. The Labute approximate surface area is 117 Å². The van der Waals surface area contributed by atoms with E-state index >= 15 is 0 Å². The van der Waals surface area contributed by atoms with Crippen LogP contribution >= 0.6 is 0 Å². The number of carbonyl (C=O) groups excluding carboxylic acids is 2. The van der Waals surface area contributed by atoms with Gasteiger partial charge in [-0.1, -0.05) is 0 Å². The van der Waals surface area contributed by atoms with Gasteiger partial charge in [-0.3, -0.25) is 14.5 Å². The van der Waals surface area contributed by atoms with E-state index in [1.807, 2.05) is 0 Å². The number of anilines is 2. The molecule has 1 aromatic rings. The molecule has 1 heterocycles. The fourth-order valence-corrected chi connectivity index (χ4v) is 2.04. The number of nitrogens with zero attached hydrogens (tertiary/aromatic N) is 1. The molecule has 20 heavy (non-hydrogen) atoms. The Balaban J connectivity index is 1.97. The van der Waals surface area contributed by atoms with E-state index in [1.54, 1.807) is 23.1 Å². The highest BCUT2D eigenvalue weighted by Crippen LogP contribution is 2.26. The molecule has 1 saturated heterocycles. The van der Waals surface area contributed by atoms with Crippen molar-refractivity contribution < 1.29 is 14.3 Å². The Morgan fingerprint density at radius 1 is 1.55 bits per heavy atom. The number of nitrogens with two attached hydrogens (primary N) is 1. The molecule has 0 atom stereocenters. The second-order valence-corrected chi connectivity index (χ2v) is 4.57. The summed E-state index contributed by atoms with van der Waals surface area (Å²) in [4.78, 5) is 25.0. The van der Waals surface area contributed by atoms with Crippen LogP contribution in [0, 0.1) is 0 Å². The first kappa shape index (κ1) is 14.1. The third kappa shape index (κ3) is 3.61. The number of carbonyl (C=O) groups is 2. The lowest BCUT2D eigenvalue weighted by Gasteiger charge is -2.25. The standard InChI is InChI=1S/C13H18N4O3/c1-20-11-3-2-9(14)6-10(11)16-13(19)8-17-5-4-15-12(18)7-17/h2-3,6H,4-5,7-8,14H2,1H3,(H,15,18)(H,16,19). The van der Waals surface area contributed by atoms with Crippen LogP contribution in [-0.4, -0.2) is 50.0 Å². The van der Waals surface area contributed by atoms with Gasteiger partial charge in [-0.25, -0.2) is 0 Å². The summed E-state index contributed by atoms with van der Waals surface area (Å²) in [5.74, 6) is 0.276. The van der Waals surface area contributed by atoms with Crippen LogP contribution in [-0.2, 0) is 9.59 Å². The molecule has 0 aromatic heterocycles. The topological polar surface area (TPSA) is 96.7 Å². The molecule has 108 valence electrons. The predicted molar refractivity (Wildman–Crippen MR) is 75.5 cm³/mol. The molecular formula is C13H18N4O3. The zero-order valence-electron chi connectivity index (χ0n) is 11.3. The molecule has 2 amide bonds. The van der Waals surface area contributed by atoms with E-state index in [0.717, 1.165) is 0 Å². The van der Waals surface area contributed by atoms with E-state index in [9.17, 15) is 9.59 Å². The van der Waals surface area contributed by atoms with Crippen LogP contribution in [0.1, 0.15) is 0 Å². The van der Waals surface area contributed by atoms with Gasteiger partial charge in [0, 0.05) is 18.8 Å². The molecular weight excluding hydrogens is 260 g/mol. The Bertz CT molecular complexity index is 518. The smallest absolute Gasteiger partial charge is 0.238 e. The fraction of sp³-hybridized carbons (Fsp3) is 0.385. The third-order valence-corrected chi connectivity index (χ3v) is 2.98. The number of methoxy groups -OCH3 is 1. The van der Waals surface area contributed by atoms with Crippen molar-refractivity contribution in [3.8, 4) is 5.75 Å². The van der Waals surface area contributed by atoms with Crippen molar-refractivity contribution in [3.63, 3.8) is 0 Å². The Hall–Kier alpha value is -2.28. The van der Waals surface area contributed by atoms with Crippen LogP contribution in [0.4, 0.5) is 11.4 Å². The summed E-state index contributed by atoms with van der Waals surface area (Å²) < 4.78 is 5.16. The van der Waals surface area contributed by atoms with E-state index in [4.69, 9.17) is 10.5 Å². The molecule has 0 saturated carbocycles. The number of nitrogen functional groups attached to an aromatic ring is 1. The molecule has 7 heteroatoms. The molecule has 1 fully saturated rings. The molecule has 7 nitrogen and oxygen atoms in total. The van der Waals surface area contributed by atoms with Crippen molar-refractivity contribution in [1.82, 2.24) is 10.2 Å². The first-order chi connectivity index (χ1) is 9.58. The number of hydrogen-bond acceptors (Lipinski definition) is 5. The summed E-state index contributed by atoms with van der Waals surface area (Å²) in [5.41, 5.74) is 6.76. The Kier molecular flexibility index (Phi) is 4.41. The van der Waals surface area contributed by atoms with Gasteiger partial charge in [-0.2, -0.15) is 0 Å². The van der Waals surface area contributed by atoms with E-state index in [0.29, 0.717) is 30.2 Å². The lowest BCUT2D eigenvalue weighted by molar-refractivity contribution is -0.125. The van der Waals surface area contributed by atoms with Gasteiger partial charge in [-0.15, -0.1) is 0 Å². The summed E-state index contributed by atoms with van der Waals surface area (Å²) >= 11 is 0. The number of benzene rings is 1. The highest BCUT2D eigenvalue weighted by molar-refractivity contribution is 5.94. The molecule has 0 spiro atoms. The number of nitrogens with one attached hydrogen (secondary N) is 2. The summed E-state index contributed by atoms with van der Waals surface area (Å²) in [6.07, 6.45) is 0. The quantitative estimate of drug-likeness (QED) is 0.654. The monoisotopic (exact) mass is 278 g/mol. The number of hydrogen-bond donors (Lipinski definition) is 3. The van der Waals surface area contributed by atoms with Crippen molar-refractivity contribution >= 4 is 23.2 Å². The van der Waals surface area contributed by atoms with Crippen LogP contribution in [0.25, 0.3) is 0 Å². The van der Waals surface area contributed by atoms with E-state index in [1.165, 1.54) is 7.11 Å². The van der Waals surface area contributed by atoms with Crippen molar-refractivity contribution in [2.24, 2.45) is 0 Å². The minimum Gasteiger partial charge on any atom is -0.495 e. The van der Waals surface area contributed by atoms with Crippen LogP contribution < -0.4 is 21.1 Å². The van der Waals surface area contributed by atoms with Gasteiger partial charge >= 0.3 is 0 Å². The Morgan fingerprint density at radius 2 is 2.35 bits per heavy atom. The molecule has 1 aromatic carbocycles. The van der Waals surface area contributed by atoms with E-state index < -0.39 is 0 Å². The van der Waals surface area contributed by atoms with Gasteiger partial charge in [0.15, 0.2) is 0 Å². The minimum atomic E-state index is -0.205. The zero-order valence-corrected chi connectivity index (χ0v) is 11.3. The second kappa shape index (κ2) is 6.25. The number of ether oxygens (including phenoxy) is 1. The minimum absolute atomic E-state index is 0.0643. The van der Waals surface area contributed by atoms with Crippen LogP contribution in [0.5, 0.6) is 5.75 Å². The lowest BCUT2D eigenvalue weighted by atomic mass is 10.2. The second-order valence-electron chi connectivity index (χ2n) is 4.57. The van der Waals surface area contributed by atoms with E-state index in [2.05, 4.69) is 10.6 Å². The van der Waals surface area contributed by atoms with Gasteiger partial charge in [-0.05, 0) is 18.2 Å². The first-order valence-corrected chi connectivity index (χ1v) is 6.31. The summed E-state index contributed by atoms with van der Waals surface area (Å²) in [7, 11) is 1.52. The molecule has 1 aliphatic heterocycles. The van der Waals surface area contributed by atoms with E-state index in [-0.39, 0.29) is 24.9 Å². The van der Waals surface area contributed by atoms with Crippen molar-refractivity contribution in [1.29, 1.82) is 0 Å². The summed E-state index contributed by atoms with van der Waals surface area (Å²) in [5, 5.41) is 5.46. The average Bonchev–Trinajstić information content (AvgIpc) is 2.38. The van der Waals surface area contributed by atoms with Gasteiger partial charge in [0.1, 0.15) is 5.75 Å². The third-order valence-electron chi connectivity index (χ3n) is 2.98. The van der Waals surface area contributed by atoms with Gasteiger partial charge in [0.2, 0.25) is 11.8 Å². The van der Waals surface area contributed by atoms with Gasteiger partial charge in [0.25, 0.3) is 0 Å². The normalized spacial score (nSPS) is 15.6.